The Morgan fingerprint density at radius 2 is 1.69 bits per heavy atom. The topological polar surface area (TPSA) is 74.7 Å². The normalized spacial score (nSPS) is 13.4. The Labute approximate surface area is 183 Å². The molecule has 0 fully saturated rings. The molecule has 32 heavy (non-hydrogen) atoms. The van der Waals surface area contributed by atoms with E-state index in [0.717, 1.165) is 55.6 Å². The van der Waals surface area contributed by atoms with Gasteiger partial charge in [0.25, 0.3) is 0 Å². The number of rotatable bonds is 2. The summed E-state index contributed by atoms with van der Waals surface area (Å²) in [6, 6.07) is 12.3. The van der Waals surface area contributed by atoms with Gasteiger partial charge < -0.3 is 0 Å². The molecule has 0 bridgehead atoms. The molecule has 0 unspecified atom stereocenters. The van der Waals surface area contributed by atoms with E-state index in [2.05, 4.69) is 34.3 Å². The van der Waals surface area contributed by atoms with Crippen LogP contribution in [0.15, 0.2) is 53.6 Å². The zero-order valence-corrected chi connectivity index (χ0v) is 18.1. The molecule has 0 atom stereocenters. The molecule has 6 rings (SSSR count). The number of aromatic nitrogens is 5. The number of hydrogen-bond donors (Lipinski definition) is 0. The molecule has 3 aromatic heterocycles. The van der Waals surface area contributed by atoms with Crippen molar-refractivity contribution in [2.45, 2.75) is 19.8 Å². The first kappa shape index (κ1) is 18.7. The maximum absolute atomic E-state index is 13.2. The third kappa shape index (κ3) is 2.60. The van der Waals surface area contributed by atoms with Gasteiger partial charge in [-0.05, 0) is 41.3 Å². The Morgan fingerprint density at radius 1 is 0.938 bits per heavy atom. The van der Waals surface area contributed by atoms with Crippen LogP contribution in [0.3, 0.4) is 0 Å². The lowest BCUT2D eigenvalue weighted by molar-refractivity contribution is -0.117. The minimum absolute atomic E-state index is 0.133. The molecule has 7 heteroatoms. The van der Waals surface area contributed by atoms with Crippen molar-refractivity contribution in [1.29, 1.82) is 0 Å². The number of carbonyl (C=O) groups excluding carboxylic acids is 1. The molecule has 7 nitrogen and oxygen atoms in total. The summed E-state index contributed by atoms with van der Waals surface area (Å²) in [5, 5.41) is 5.33. The van der Waals surface area contributed by atoms with Gasteiger partial charge in [0, 0.05) is 38.5 Å². The second kappa shape index (κ2) is 6.50. The fraction of sp³-hybridized carbons (Fsp3) is 0.200. The van der Waals surface area contributed by atoms with Crippen molar-refractivity contribution in [2.75, 3.05) is 0 Å². The predicted octanol–water partition coefficient (Wildman–Crippen LogP) is 3.25. The number of nitrogens with zero attached hydrogens (tertiary/aromatic N) is 5. The van der Waals surface area contributed by atoms with Gasteiger partial charge in [0.05, 0.1) is 34.1 Å². The van der Waals surface area contributed by atoms with Crippen LogP contribution in [0.5, 0.6) is 0 Å². The Morgan fingerprint density at radius 3 is 2.47 bits per heavy atom. The van der Waals surface area contributed by atoms with E-state index < -0.39 is 0 Å². The van der Waals surface area contributed by atoms with Gasteiger partial charge >= 0.3 is 5.69 Å². The van der Waals surface area contributed by atoms with E-state index in [-0.39, 0.29) is 11.5 Å². The largest absolute Gasteiger partial charge is 0.333 e. The zero-order chi connectivity index (χ0) is 22.1. The summed E-state index contributed by atoms with van der Waals surface area (Å²) in [5.74, 6) is 0.265. The van der Waals surface area contributed by atoms with Crippen LogP contribution < -0.4 is 5.69 Å². The van der Waals surface area contributed by atoms with E-state index in [1.807, 2.05) is 32.3 Å². The lowest BCUT2D eigenvalue weighted by atomic mass is 9.99. The quantitative estimate of drug-likeness (QED) is 0.437. The van der Waals surface area contributed by atoms with Crippen molar-refractivity contribution >= 4 is 27.7 Å². The molecule has 0 aliphatic heterocycles. The molecular formula is C25H21N5O2. The first-order chi connectivity index (χ1) is 15.4. The van der Waals surface area contributed by atoms with Gasteiger partial charge in [0.15, 0.2) is 0 Å². The van der Waals surface area contributed by atoms with Crippen LogP contribution in [0, 0.1) is 6.92 Å². The van der Waals surface area contributed by atoms with E-state index in [9.17, 15) is 9.59 Å². The maximum Gasteiger partial charge on any atom is 0.333 e. The summed E-state index contributed by atoms with van der Waals surface area (Å²) >= 11 is 0. The van der Waals surface area contributed by atoms with Gasteiger partial charge in [0.1, 0.15) is 5.78 Å². The molecule has 3 heterocycles. The summed E-state index contributed by atoms with van der Waals surface area (Å²) in [5.41, 5.74) is 8.12. The summed E-state index contributed by atoms with van der Waals surface area (Å²) in [7, 11) is 3.62. The molecule has 0 spiro atoms. The first-order valence-electron chi connectivity index (χ1n) is 10.6. The lowest BCUT2D eigenvalue weighted by Crippen LogP contribution is -2.21. The maximum atomic E-state index is 13.2. The monoisotopic (exact) mass is 423 g/mol. The number of carbonyl (C=O) groups is 1. The highest BCUT2D eigenvalue weighted by Crippen LogP contribution is 2.32. The standard InChI is InChI=1S/C25H21N5O2/c1-14-23(13-28(2)27-14)30-24-20-11-17(15-4-5-16-9-19(31)10-18(16)8-15)6-7-21(20)26-12-22(24)29(3)25(30)32/h4-8,11-13H,9-10H2,1-3H3. The van der Waals surface area contributed by atoms with Gasteiger partial charge in [-0.1, -0.05) is 24.3 Å². The van der Waals surface area contributed by atoms with E-state index in [1.165, 1.54) is 0 Å². The highest BCUT2D eigenvalue weighted by Gasteiger charge is 2.21. The zero-order valence-electron chi connectivity index (χ0n) is 18.1. The Balaban J connectivity index is 1.65. The van der Waals surface area contributed by atoms with E-state index in [4.69, 9.17) is 0 Å². The van der Waals surface area contributed by atoms with Crippen molar-refractivity contribution in [3.05, 3.63) is 76.1 Å². The van der Waals surface area contributed by atoms with Crippen molar-refractivity contribution < 1.29 is 4.79 Å². The number of fused-ring (bicyclic) bond motifs is 4. The van der Waals surface area contributed by atoms with Crippen molar-refractivity contribution in [3.8, 4) is 16.8 Å². The Bertz CT molecular complexity index is 1650. The molecule has 1 aliphatic rings. The fourth-order valence-electron chi connectivity index (χ4n) is 4.84. The summed E-state index contributed by atoms with van der Waals surface area (Å²) in [6.07, 6.45) is 4.64. The van der Waals surface area contributed by atoms with Crippen LogP contribution in [0.25, 0.3) is 38.8 Å². The van der Waals surface area contributed by atoms with Crippen LogP contribution in [0.4, 0.5) is 0 Å². The number of imidazole rings is 1. The molecule has 2 aromatic carbocycles. The molecule has 0 amide bonds. The molecule has 0 N–H and O–H groups in total. The molecule has 0 radical (unpaired) electrons. The van der Waals surface area contributed by atoms with Crippen LogP contribution in [-0.4, -0.2) is 29.7 Å². The first-order valence-corrected chi connectivity index (χ1v) is 10.6. The van der Waals surface area contributed by atoms with Gasteiger partial charge in [-0.15, -0.1) is 0 Å². The van der Waals surface area contributed by atoms with Crippen LogP contribution >= 0.6 is 0 Å². The Kier molecular flexibility index (Phi) is 3.81. The number of Topliss-reactive ketones (excluding diaryl/α,β-unsaturated/α-hetero) is 1. The van der Waals surface area contributed by atoms with Crippen molar-refractivity contribution in [1.82, 2.24) is 23.9 Å². The van der Waals surface area contributed by atoms with Crippen molar-refractivity contribution in [3.63, 3.8) is 0 Å². The molecule has 158 valence electrons. The average Bonchev–Trinajstić information content (AvgIpc) is 3.39. The van der Waals surface area contributed by atoms with Crippen LogP contribution in [-0.2, 0) is 31.7 Å². The SMILES string of the molecule is Cc1nn(C)cc1-n1c(=O)n(C)c2cnc3ccc(-c4ccc5c(c4)CC(=O)C5)cc3c21. The molecule has 0 saturated heterocycles. The molecular weight excluding hydrogens is 402 g/mol. The third-order valence-electron chi connectivity index (χ3n) is 6.43. The summed E-state index contributed by atoms with van der Waals surface area (Å²) in [4.78, 5) is 29.7. The van der Waals surface area contributed by atoms with Crippen LogP contribution in [0.2, 0.25) is 0 Å². The Hall–Kier alpha value is -4.00. The van der Waals surface area contributed by atoms with E-state index >= 15 is 0 Å². The minimum Gasteiger partial charge on any atom is -0.299 e. The number of pyridine rings is 1. The van der Waals surface area contributed by atoms with Crippen LogP contribution in [0.1, 0.15) is 16.8 Å². The lowest BCUT2D eigenvalue weighted by Gasteiger charge is -2.09. The predicted molar refractivity (Wildman–Crippen MR) is 123 cm³/mol. The van der Waals surface area contributed by atoms with E-state index in [1.54, 1.807) is 27.1 Å². The third-order valence-corrected chi connectivity index (χ3v) is 6.43. The number of aryl methyl sites for hydroxylation is 3. The average molecular weight is 423 g/mol. The number of hydrogen-bond acceptors (Lipinski definition) is 4. The number of benzene rings is 2. The minimum atomic E-state index is -0.133. The van der Waals surface area contributed by atoms with Gasteiger partial charge in [-0.3, -0.25) is 23.6 Å². The molecule has 0 saturated carbocycles. The van der Waals surface area contributed by atoms with Gasteiger partial charge in [-0.2, -0.15) is 5.10 Å². The van der Waals surface area contributed by atoms with E-state index in [0.29, 0.717) is 12.8 Å². The summed E-state index contributed by atoms with van der Waals surface area (Å²) in [6.45, 7) is 1.90. The highest BCUT2D eigenvalue weighted by molar-refractivity contribution is 6.04. The second-order valence-electron chi connectivity index (χ2n) is 8.55. The smallest absolute Gasteiger partial charge is 0.299 e. The van der Waals surface area contributed by atoms with Gasteiger partial charge in [-0.25, -0.2) is 4.79 Å². The summed E-state index contributed by atoms with van der Waals surface area (Å²) < 4.78 is 5.07. The highest BCUT2D eigenvalue weighted by atomic mass is 16.1. The van der Waals surface area contributed by atoms with Crippen molar-refractivity contribution in [2.24, 2.45) is 14.1 Å². The fourth-order valence-corrected chi connectivity index (χ4v) is 4.84. The number of ketones is 1. The van der Waals surface area contributed by atoms with Gasteiger partial charge in [0.2, 0.25) is 0 Å². The molecule has 1 aliphatic carbocycles. The molecule has 5 aromatic rings. The second-order valence-corrected chi connectivity index (χ2v) is 8.55.